The molecule has 0 amide bonds. The molecule has 2 aliphatic rings. The summed E-state index contributed by atoms with van der Waals surface area (Å²) in [6.07, 6.45) is 7.52. The number of fused-ring (bicyclic) bond motifs is 1. The molecule has 0 spiro atoms. The van der Waals surface area contributed by atoms with Crippen molar-refractivity contribution in [1.82, 2.24) is 19.9 Å². The molecule has 1 saturated carbocycles. The lowest BCUT2D eigenvalue weighted by atomic mass is 9.96. The normalized spacial score (nSPS) is 17.7. The topological polar surface area (TPSA) is 58.0 Å². The van der Waals surface area contributed by atoms with Crippen molar-refractivity contribution in [2.45, 2.75) is 31.6 Å². The predicted octanol–water partition coefficient (Wildman–Crippen LogP) is 3.79. The zero-order chi connectivity index (χ0) is 19.8. The Morgan fingerprint density at radius 2 is 1.79 bits per heavy atom. The predicted molar refractivity (Wildman–Crippen MR) is 112 cm³/mol. The lowest BCUT2D eigenvalue weighted by Gasteiger charge is -2.34. The first kappa shape index (κ1) is 18.2. The number of aromatic nitrogens is 4. The van der Waals surface area contributed by atoms with E-state index < -0.39 is 0 Å². The number of benzene rings is 1. The molecule has 3 heterocycles. The first-order valence-corrected chi connectivity index (χ1v) is 10.4. The van der Waals surface area contributed by atoms with Gasteiger partial charge in [0.25, 0.3) is 0 Å². The van der Waals surface area contributed by atoms with Crippen LogP contribution in [0, 0.1) is 11.7 Å². The quantitative estimate of drug-likeness (QED) is 0.658. The first-order chi connectivity index (χ1) is 14.2. The smallest absolute Gasteiger partial charge is 0.187 e. The second kappa shape index (κ2) is 7.54. The van der Waals surface area contributed by atoms with Crippen LogP contribution in [-0.4, -0.2) is 46.6 Å². The Kier molecular flexibility index (Phi) is 4.73. The minimum absolute atomic E-state index is 0.235. The van der Waals surface area contributed by atoms with Gasteiger partial charge in [0.1, 0.15) is 12.1 Å². The third-order valence-corrected chi connectivity index (χ3v) is 6.03. The van der Waals surface area contributed by atoms with Crippen molar-refractivity contribution in [1.29, 1.82) is 0 Å². The lowest BCUT2D eigenvalue weighted by Crippen LogP contribution is -2.38. The van der Waals surface area contributed by atoms with Crippen LogP contribution in [0.25, 0.3) is 11.0 Å². The number of anilines is 2. The van der Waals surface area contributed by atoms with E-state index in [4.69, 9.17) is 4.98 Å². The fourth-order valence-electron chi connectivity index (χ4n) is 4.20. The van der Waals surface area contributed by atoms with Gasteiger partial charge in [-0.25, -0.2) is 19.3 Å². The van der Waals surface area contributed by atoms with E-state index >= 15 is 0 Å². The molecule has 0 radical (unpaired) electrons. The van der Waals surface area contributed by atoms with Crippen LogP contribution in [0.15, 0.2) is 36.8 Å². The molecule has 0 N–H and O–H groups in total. The molecule has 1 aliphatic heterocycles. The molecule has 29 heavy (non-hydrogen) atoms. The van der Waals surface area contributed by atoms with Crippen LogP contribution in [-0.2, 0) is 0 Å². The van der Waals surface area contributed by atoms with E-state index in [1.807, 2.05) is 42.4 Å². The van der Waals surface area contributed by atoms with Crippen LogP contribution in [0.2, 0.25) is 0 Å². The number of hydrogen-bond donors (Lipinski definition) is 0. The van der Waals surface area contributed by atoms with Crippen LogP contribution in [0.4, 0.5) is 16.0 Å². The van der Waals surface area contributed by atoms with E-state index in [9.17, 15) is 4.39 Å². The standard InChI is InChI=1S/C22H25FN6/c1-28(22-20(23)21(16-6-7-16)25-14-26-22)13-15-8-10-29(11-9-15)19-12-24-17-4-2-3-5-18(17)27-19/h2-5,12,14-16H,6-11,13H2,1H3. The zero-order valence-corrected chi connectivity index (χ0v) is 16.6. The molecule has 7 heteroatoms. The lowest BCUT2D eigenvalue weighted by molar-refractivity contribution is 0.405. The maximum absolute atomic E-state index is 14.8. The molecule has 6 nitrogen and oxygen atoms in total. The molecule has 150 valence electrons. The van der Waals surface area contributed by atoms with Gasteiger partial charge in [-0.15, -0.1) is 0 Å². The highest BCUT2D eigenvalue weighted by Crippen LogP contribution is 2.41. The summed E-state index contributed by atoms with van der Waals surface area (Å²) in [5, 5.41) is 0. The number of hydrogen-bond acceptors (Lipinski definition) is 6. The van der Waals surface area contributed by atoms with E-state index in [-0.39, 0.29) is 11.7 Å². The Bertz CT molecular complexity index is 1010. The van der Waals surface area contributed by atoms with Crippen LogP contribution in [0.5, 0.6) is 0 Å². The van der Waals surface area contributed by atoms with Gasteiger partial charge in [0, 0.05) is 32.6 Å². The average molecular weight is 392 g/mol. The summed E-state index contributed by atoms with van der Waals surface area (Å²) in [7, 11) is 1.93. The molecule has 0 bridgehead atoms. The molecule has 1 aliphatic carbocycles. The van der Waals surface area contributed by atoms with Gasteiger partial charge in [-0.1, -0.05) is 12.1 Å². The fourth-order valence-corrected chi connectivity index (χ4v) is 4.20. The van der Waals surface area contributed by atoms with Crippen molar-refractivity contribution in [2.75, 3.05) is 36.5 Å². The minimum atomic E-state index is -0.235. The fraction of sp³-hybridized carbons (Fsp3) is 0.455. The van der Waals surface area contributed by atoms with Crippen LogP contribution in [0.3, 0.4) is 0 Å². The molecule has 2 aromatic heterocycles. The highest BCUT2D eigenvalue weighted by atomic mass is 19.1. The van der Waals surface area contributed by atoms with Crippen molar-refractivity contribution in [3.63, 3.8) is 0 Å². The summed E-state index contributed by atoms with van der Waals surface area (Å²) in [4.78, 5) is 21.9. The molecule has 0 atom stereocenters. The van der Waals surface area contributed by atoms with Gasteiger partial charge in [0.05, 0.1) is 22.9 Å². The van der Waals surface area contributed by atoms with Crippen molar-refractivity contribution in [3.05, 3.63) is 48.3 Å². The molecule has 5 rings (SSSR count). The van der Waals surface area contributed by atoms with Crippen LogP contribution in [0.1, 0.15) is 37.3 Å². The van der Waals surface area contributed by atoms with Gasteiger partial charge in [-0.3, -0.25) is 4.98 Å². The third-order valence-electron chi connectivity index (χ3n) is 6.03. The van der Waals surface area contributed by atoms with Crippen molar-refractivity contribution < 1.29 is 4.39 Å². The molecule has 1 aromatic carbocycles. The average Bonchev–Trinajstić information content (AvgIpc) is 3.59. The number of nitrogens with zero attached hydrogens (tertiary/aromatic N) is 6. The van der Waals surface area contributed by atoms with Gasteiger partial charge in [0.2, 0.25) is 0 Å². The summed E-state index contributed by atoms with van der Waals surface area (Å²) < 4.78 is 14.8. The largest absolute Gasteiger partial charge is 0.357 e. The van der Waals surface area contributed by atoms with Crippen LogP contribution >= 0.6 is 0 Å². The number of rotatable bonds is 5. The summed E-state index contributed by atoms with van der Waals surface area (Å²) in [6.45, 7) is 2.67. The van der Waals surface area contributed by atoms with Gasteiger partial charge in [-0.2, -0.15) is 0 Å². The maximum Gasteiger partial charge on any atom is 0.187 e. The van der Waals surface area contributed by atoms with Crippen LogP contribution < -0.4 is 9.80 Å². The Morgan fingerprint density at radius 1 is 1.03 bits per heavy atom. The Hall–Kier alpha value is -2.83. The Morgan fingerprint density at radius 3 is 2.55 bits per heavy atom. The molecule has 3 aromatic rings. The van der Waals surface area contributed by atoms with E-state index in [1.165, 1.54) is 6.33 Å². The zero-order valence-electron chi connectivity index (χ0n) is 16.6. The van der Waals surface area contributed by atoms with Crippen molar-refractivity contribution in [3.8, 4) is 0 Å². The summed E-state index contributed by atoms with van der Waals surface area (Å²) in [6, 6.07) is 7.95. The molecule has 0 unspecified atom stereocenters. The van der Waals surface area contributed by atoms with E-state index in [2.05, 4.69) is 19.9 Å². The highest BCUT2D eigenvalue weighted by Gasteiger charge is 2.31. The van der Waals surface area contributed by atoms with E-state index in [1.54, 1.807) is 0 Å². The summed E-state index contributed by atoms with van der Waals surface area (Å²) in [5.74, 6) is 1.93. The minimum Gasteiger partial charge on any atom is -0.357 e. The van der Waals surface area contributed by atoms with Crippen molar-refractivity contribution in [2.24, 2.45) is 5.92 Å². The number of piperidine rings is 1. The Balaban J connectivity index is 1.22. The number of para-hydroxylation sites is 2. The van der Waals surface area contributed by atoms with Gasteiger partial charge >= 0.3 is 0 Å². The molecule has 2 fully saturated rings. The monoisotopic (exact) mass is 392 g/mol. The van der Waals surface area contributed by atoms with E-state index in [0.29, 0.717) is 17.4 Å². The molecule has 1 saturated heterocycles. The van der Waals surface area contributed by atoms with Gasteiger partial charge in [0.15, 0.2) is 11.6 Å². The second-order valence-electron chi connectivity index (χ2n) is 8.20. The second-order valence-corrected chi connectivity index (χ2v) is 8.20. The molecular formula is C22H25FN6. The maximum atomic E-state index is 14.8. The SMILES string of the molecule is CN(CC1CCN(c2cnc3ccccc3n2)CC1)c1ncnc(C2CC2)c1F. The van der Waals surface area contributed by atoms with Gasteiger partial charge in [-0.05, 0) is 43.7 Å². The van der Waals surface area contributed by atoms with Gasteiger partial charge < -0.3 is 9.80 Å². The van der Waals surface area contributed by atoms with Crippen molar-refractivity contribution >= 4 is 22.7 Å². The Labute approximate surface area is 169 Å². The number of halogens is 1. The summed E-state index contributed by atoms with van der Waals surface area (Å²) in [5.41, 5.74) is 2.44. The molecular weight excluding hydrogens is 367 g/mol. The highest BCUT2D eigenvalue weighted by molar-refractivity contribution is 5.75. The third kappa shape index (κ3) is 3.73. The van der Waals surface area contributed by atoms with E-state index in [0.717, 1.165) is 62.2 Å². The first-order valence-electron chi connectivity index (χ1n) is 10.4. The summed E-state index contributed by atoms with van der Waals surface area (Å²) >= 11 is 0.